The second kappa shape index (κ2) is 6.16. The molecular weight excluding hydrogens is 313 g/mol. The molecule has 0 saturated carbocycles. The van der Waals surface area contributed by atoms with Crippen LogP contribution >= 0.6 is 23.2 Å². The van der Waals surface area contributed by atoms with E-state index in [4.69, 9.17) is 23.2 Å². The molecule has 1 amide bonds. The Bertz CT molecular complexity index is 729. The summed E-state index contributed by atoms with van der Waals surface area (Å²) in [6.45, 7) is 1.86. The molecule has 0 unspecified atom stereocenters. The van der Waals surface area contributed by atoms with E-state index in [-0.39, 0.29) is 21.3 Å². The van der Waals surface area contributed by atoms with Gasteiger partial charge in [0.15, 0.2) is 0 Å². The lowest BCUT2D eigenvalue weighted by Crippen LogP contribution is -2.15. The molecule has 0 aliphatic rings. The minimum atomic E-state index is -1.22. The summed E-state index contributed by atoms with van der Waals surface area (Å²) in [6, 6.07) is 9.54. The number of rotatable bonds is 3. The molecule has 6 heteroatoms. The van der Waals surface area contributed by atoms with Crippen molar-refractivity contribution in [2.75, 3.05) is 5.32 Å². The zero-order valence-corrected chi connectivity index (χ0v) is 12.5. The molecule has 0 atom stereocenters. The van der Waals surface area contributed by atoms with Gasteiger partial charge in [-0.2, -0.15) is 0 Å². The molecule has 2 aromatic rings. The molecule has 2 N–H and O–H groups in total. The molecule has 0 fully saturated rings. The molecule has 0 aliphatic heterocycles. The molecule has 0 saturated heterocycles. The highest BCUT2D eigenvalue weighted by molar-refractivity contribution is 6.38. The van der Waals surface area contributed by atoms with Crippen LogP contribution < -0.4 is 5.32 Å². The van der Waals surface area contributed by atoms with Gasteiger partial charge in [0.05, 0.1) is 16.3 Å². The quantitative estimate of drug-likeness (QED) is 0.887. The average molecular weight is 324 g/mol. The molecule has 2 rings (SSSR count). The molecular formula is C15H11Cl2NO3. The number of aromatic carboxylic acids is 1. The summed E-state index contributed by atoms with van der Waals surface area (Å²) < 4.78 is 0. The Kier molecular flexibility index (Phi) is 4.50. The molecule has 21 heavy (non-hydrogen) atoms. The molecule has 108 valence electrons. The average Bonchev–Trinajstić information content (AvgIpc) is 2.41. The second-order valence-corrected chi connectivity index (χ2v) is 5.28. The molecule has 0 aromatic heterocycles. The van der Waals surface area contributed by atoms with Crippen LogP contribution in [0.2, 0.25) is 10.0 Å². The van der Waals surface area contributed by atoms with Crippen LogP contribution in [0.3, 0.4) is 0 Å². The molecule has 0 bridgehead atoms. The van der Waals surface area contributed by atoms with Crippen LogP contribution in [0.1, 0.15) is 26.3 Å². The van der Waals surface area contributed by atoms with E-state index >= 15 is 0 Å². The first-order valence-electron chi connectivity index (χ1n) is 5.99. The Hall–Kier alpha value is -2.04. The second-order valence-electron chi connectivity index (χ2n) is 4.44. The Morgan fingerprint density at radius 2 is 1.86 bits per heavy atom. The van der Waals surface area contributed by atoms with Gasteiger partial charge in [-0.05, 0) is 31.2 Å². The molecule has 0 heterocycles. The van der Waals surface area contributed by atoms with Crippen LogP contribution in [0.5, 0.6) is 0 Å². The van der Waals surface area contributed by atoms with Crippen molar-refractivity contribution < 1.29 is 14.7 Å². The zero-order chi connectivity index (χ0) is 15.6. The Morgan fingerprint density at radius 1 is 1.14 bits per heavy atom. The van der Waals surface area contributed by atoms with Crippen LogP contribution in [0.15, 0.2) is 36.4 Å². The number of carbonyl (C=O) groups excluding carboxylic acids is 1. The number of benzene rings is 2. The van der Waals surface area contributed by atoms with Gasteiger partial charge in [0.1, 0.15) is 0 Å². The van der Waals surface area contributed by atoms with E-state index < -0.39 is 11.9 Å². The van der Waals surface area contributed by atoms with Crippen molar-refractivity contribution >= 4 is 40.8 Å². The molecule has 0 aliphatic carbocycles. The Balaban J connectivity index is 2.39. The monoisotopic (exact) mass is 323 g/mol. The number of anilines is 1. The molecule has 0 spiro atoms. The predicted octanol–water partition coefficient (Wildman–Crippen LogP) is 4.25. The molecule has 0 radical (unpaired) electrons. The SMILES string of the molecule is Cc1cccc(C(=O)Nc2c(Cl)cc(Cl)cc2C(=O)O)c1. The maximum atomic E-state index is 12.2. The highest BCUT2D eigenvalue weighted by Gasteiger charge is 2.18. The van der Waals surface area contributed by atoms with Crippen LogP contribution in [-0.4, -0.2) is 17.0 Å². The fourth-order valence-electron chi connectivity index (χ4n) is 1.84. The fourth-order valence-corrected chi connectivity index (χ4v) is 2.38. The standard InChI is InChI=1S/C15H11Cl2NO3/c1-8-3-2-4-9(5-8)14(19)18-13-11(15(20)21)6-10(16)7-12(13)17/h2-7H,1H3,(H,18,19)(H,20,21). The van der Waals surface area contributed by atoms with Gasteiger partial charge < -0.3 is 10.4 Å². The van der Waals surface area contributed by atoms with Gasteiger partial charge >= 0.3 is 5.97 Å². The van der Waals surface area contributed by atoms with E-state index in [9.17, 15) is 14.7 Å². The van der Waals surface area contributed by atoms with E-state index in [1.54, 1.807) is 18.2 Å². The van der Waals surface area contributed by atoms with Crippen molar-refractivity contribution in [3.63, 3.8) is 0 Å². The first kappa shape index (κ1) is 15.4. The normalized spacial score (nSPS) is 10.2. The summed E-state index contributed by atoms with van der Waals surface area (Å²) in [5.41, 5.74) is 1.20. The van der Waals surface area contributed by atoms with Gasteiger partial charge in [-0.15, -0.1) is 0 Å². The summed E-state index contributed by atoms with van der Waals surface area (Å²) in [7, 11) is 0. The maximum absolute atomic E-state index is 12.2. The van der Waals surface area contributed by atoms with Crippen molar-refractivity contribution in [1.29, 1.82) is 0 Å². The number of hydrogen-bond donors (Lipinski definition) is 2. The third-order valence-electron chi connectivity index (χ3n) is 2.80. The van der Waals surface area contributed by atoms with Crippen molar-refractivity contribution in [2.45, 2.75) is 6.92 Å². The highest BCUT2D eigenvalue weighted by atomic mass is 35.5. The number of carboxylic acids is 1. The third kappa shape index (κ3) is 3.54. The summed E-state index contributed by atoms with van der Waals surface area (Å²) in [5.74, 6) is -1.66. The van der Waals surface area contributed by atoms with Gasteiger partial charge in [-0.25, -0.2) is 4.79 Å². The topological polar surface area (TPSA) is 66.4 Å². The van der Waals surface area contributed by atoms with Crippen molar-refractivity contribution in [1.82, 2.24) is 0 Å². The van der Waals surface area contributed by atoms with Gasteiger partial charge in [-0.1, -0.05) is 40.9 Å². The Morgan fingerprint density at radius 3 is 2.48 bits per heavy atom. The first-order chi connectivity index (χ1) is 9.88. The molecule has 2 aromatic carbocycles. The van der Waals surface area contributed by atoms with E-state index in [1.807, 2.05) is 13.0 Å². The first-order valence-corrected chi connectivity index (χ1v) is 6.74. The minimum absolute atomic E-state index is 0.0278. The number of carboxylic acid groups (broad SMARTS) is 1. The predicted molar refractivity (Wildman–Crippen MR) is 82.6 cm³/mol. The van der Waals surface area contributed by atoms with Gasteiger partial charge in [0.25, 0.3) is 5.91 Å². The summed E-state index contributed by atoms with van der Waals surface area (Å²) in [4.78, 5) is 23.4. The number of aryl methyl sites for hydroxylation is 1. The highest BCUT2D eigenvalue weighted by Crippen LogP contribution is 2.30. The summed E-state index contributed by atoms with van der Waals surface area (Å²) in [5, 5.41) is 12.0. The van der Waals surface area contributed by atoms with Crippen molar-refractivity contribution in [3.05, 3.63) is 63.1 Å². The third-order valence-corrected chi connectivity index (χ3v) is 3.32. The summed E-state index contributed by atoms with van der Waals surface area (Å²) in [6.07, 6.45) is 0. The summed E-state index contributed by atoms with van der Waals surface area (Å²) >= 11 is 11.8. The van der Waals surface area contributed by atoms with Gasteiger partial charge in [0, 0.05) is 10.6 Å². The fraction of sp³-hybridized carbons (Fsp3) is 0.0667. The lowest BCUT2D eigenvalue weighted by atomic mass is 10.1. The van der Waals surface area contributed by atoms with Crippen LogP contribution in [-0.2, 0) is 0 Å². The van der Waals surface area contributed by atoms with Gasteiger partial charge in [0.2, 0.25) is 0 Å². The van der Waals surface area contributed by atoms with Crippen molar-refractivity contribution in [3.8, 4) is 0 Å². The van der Waals surface area contributed by atoms with E-state index in [2.05, 4.69) is 5.32 Å². The minimum Gasteiger partial charge on any atom is -0.478 e. The lowest BCUT2D eigenvalue weighted by molar-refractivity contribution is 0.0698. The van der Waals surface area contributed by atoms with Crippen LogP contribution in [0, 0.1) is 6.92 Å². The number of halogens is 2. The number of nitrogens with one attached hydrogen (secondary N) is 1. The smallest absolute Gasteiger partial charge is 0.337 e. The van der Waals surface area contributed by atoms with Crippen LogP contribution in [0.25, 0.3) is 0 Å². The maximum Gasteiger partial charge on any atom is 0.337 e. The number of carbonyl (C=O) groups is 2. The largest absolute Gasteiger partial charge is 0.478 e. The van der Waals surface area contributed by atoms with E-state index in [0.29, 0.717) is 5.56 Å². The van der Waals surface area contributed by atoms with E-state index in [1.165, 1.54) is 12.1 Å². The number of hydrogen-bond acceptors (Lipinski definition) is 2. The Labute approximate surface area is 131 Å². The van der Waals surface area contributed by atoms with E-state index in [0.717, 1.165) is 5.56 Å². The molecule has 4 nitrogen and oxygen atoms in total. The number of amides is 1. The van der Waals surface area contributed by atoms with Gasteiger partial charge in [-0.3, -0.25) is 4.79 Å². The van der Waals surface area contributed by atoms with Crippen molar-refractivity contribution in [2.24, 2.45) is 0 Å². The zero-order valence-electron chi connectivity index (χ0n) is 11.0. The lowest BCUT2D eigenvalue weighted by Gasteiger charge is -2.11. The van der Waals surface area contributed by atoms with Crippen LogP contribution in [0.4, 0.5) is 5.69 Å².